The van der Waals surface area contributed by atoms with E-state index in [1.807, 2.05) is 0 Å². The highest BCUT2D eigenvalue weighted by Crippen LogP contribution is 2.18. The summed E-state index contributed by atoms with van der Waals surface area (Å²) in [4.78, 5) is 0. The van der Waals surface area contributed by atoms with E-state index < -0.39 is 10.2 Å². The first-order valence-electron chi connectivity index (χ1n) is 8.56. The van der Waals surface area contributed by atoms with Crippen molar-refractivity contribution < 1.29 is 8.42 Å². The average molecular weight is 354 g/mol. The summed E-state index contributed by atoms with van der Waals surface area (Å²) in [5.74, 6) is 0.472. The molecule has 7 heteroatoms. The molecule has 2 aliphatic rings. The molecule has 1 saturated carbocycles. The molecule has 1 heterocycles. The molecule has 1 aliphatic carbocycles. The van der Waals surface area contributed by atoms with Gasteiger partial charge in [0.15, 0.2) is 0 Å². The fourth-order valence-corrected chi connectivity index (χ4v) is 4.76. The normalized spacial score (nSPS) is 25.4. The molecule has 1 saturated heterocycles. The van der Waals surface area contributed by atoms with Crippen LogP contribution in [0, 0.1) is 5.92 Å². The second-order valence-corrected chi connectivity index (χ2v) is 8.40. The number of nitrogens with one attached hydrogen (secondary N) is 2. The maximum atomic E-state index is 12.2. The molecule has 1 unspecified atom stereocenters. The van der Waals surface area contributed by atoms with Crippen molar-refractivity contribution in [1.29, 1.82) is 0 Å². The van der Waals surface area contributed by atoms with Gasteiger partial charge in [-0.2, -0.15) is 12.7 Å². The van der Waals surface area contributed by atoms with Crippen LogP contribution in [0.3, 0.4) is 0 Å². The zero-order valence-electron chi connectivity index (χ0n) is 13.7. The smallest absolute Gasteiger partial charge is 0.279 e. The Kier molecular flexibility index (Phi) is 9.24. The summed E-state index contributed by atoms with van der Waals surface area (Å²) in [7, 11) is -3.28. The van der Waals surface area contributed by atoms with Crippen LogP contribution < -0.4 is 10.0 Å². The van der Waals surface area contributed by atoms with Gasteiger partial charge in [0.2, 0.25) is 0 Å². The largest absolute Gasteiger partial charge is 0.313 e. The molecule has 2 rings (SSSR count). The molecule has 0 spiro atoms. The Hall–Kier alpha value is 0.120. The minimum atomic E-state index is -3.28. The Morgan fingerprint density at radius 3 is 2.32 bits per heavy atom. The van der Waals surface area contributed by atoms with E-state index in [9.17, 15) is 8.42 Å². The number of piperidine rings is 1. The predicted octanol–water partition coefficient (Wildman–Crippen LogP) is 2.29. The monoisotopic (exact) mass is 353 g/mol. The van der Waals surface area contributed by atoms with E-state index in [-0.39, 0.29) is 12.4 Å². The molecule has 1 aliphatic heterocycles. The Morgan fingerprint density at radius 1 is 1.00 bits per heavy atom. The molecule has 0 aromatic rings. The zero-order chi connectivity index (χ0) is 15.1. The van der Waals surface area contributed by atoms with Gasteiger partial charge in [-0.15, -0.1) is 12.4 Å². The van der Waals surface area contributed by atoms with Gasteiger partial charge in [-0.05, 0) is 31.6 Å². The lowest BCUT2D eigenvalue weighted by atomic mass is 10.0. The summed E-state index contributed by atoms with van der Waals surface area (Å²) in [6, 6.07) is 0.576. The molecule has 22 heavy (non-hydrogen) atoms. The van der Waals surface area contributed by atoms with Crippen LogP contribution in [-0.4, -0.2) is 44.9 Å². The van der Waals surface area contributed by atoms with Gasteiger partial charge in [0.25, 0.3) is 10.2 Å². The molecule has 5 nitrogen and oxygen atoms in total. The minimum Gasteiger partial charge on any atom is -0.313 e. The molecular formula is C15H32ClN3O2S. The van der Waals surface area contributed by atoms with Gasteiger partial charge in [0.1, 0.15) is 0 Å². The van der Waals surface area contributed by atoms with Gasteiger partial charge in [-0.1, -0.05) is 32.6 Å². The molecule has 2 N–H and O–H groups in total. The molecule has 0 radical (unpaired) electrons. The summed E-state index contributed by atoms with van der Waals surface area (Å²) in [5.41, 5.74) is 0. The SMILES string of the molecule is CC1CCCN(S(=O)(=O)NCCNC2CCCCCC2)C1.Cl. The molecule has 2 fully saturated rings. The fourth-order valence-electron chi connectivity index (χ4n) is 3.40. The van der Waals surface area contributed by atoms with Crippen LogP contribution in [-0.2, 0) is 10.2 Å². The second kappa shape index (κ2) is 10.1. The van der Waals surface area contributed by atoms with E-state index in [2.05, 4.69) is 17.0 Å². The van der Waals surface area contributed by atoms with Gasteiger partial charge in [0.05, 0.1) is 0 Å². The van der Waals surface area contributed by atoms with Gasteiger partial charge in [-0.3, -0.25) is 0 Å². The number of rotatable bonds is 6. The zero-order valence-corrected chi connectivity index (χ0v) is 15.4. The van der Waals surface area contributed by atoms with Crippen molar-refractivity contribution >= 4 is 22.6 Å². The Labute approximate surface area is 142 Å². The summed E-state index contributed by atoms with van der Waals surface area (Å²) >= 11 is 0. The maximum absolute atomic E-state index is 12.2. The summed E-state index contributed by atoms with van der Waals surface area (Å²) in [6.45, 7) is 4.66. The highest BCUT2D eigenvalue weighted by molar-refractivity contribution is 7.87. The summed E-state index contributed by atoms with van der Waals surface area (Å²) < 4.78 is 28.8. The second-order valence-electron chi connectivity index (χ2n) is 6.65. The van der Waals surface area contributed by atoms with Crippen LogP contribution in [0.4, 0.5) is 0 Å². The van der Waals surface area contributed by atoms with Crippen molar-refractivity contribution in [3.8, 4) is 0 Å². The van der Waals surface area contributed by atoms with E-state index in [1.165, 1.54) is 38.5 Å². The average Bonchev–Trinajstić information content (AvgIpc) is 2.72. The standard InChI is InChI=1S/C15H31N3O2S.ClH/c1-14-7-6-12-18(13-14)21(19,20)17-11-10-16-15-8-4-2-3-5-9-15;/h14-17H,2-13H2,1H3;1H. The number of nitrogens with zero attached hydrogens (tertiary/aromatic N) is 1. The summed E-state index contributed by atoms with van der Waals surface area (Å²) in [5, 5.41) is 3.50. The van der Waals surface area contributed by atoms with Crippen molar-refractivity contribution in [3.05, 3.63) is 0 Å². The van der Waals surface area contributed by atoms with Crippen molar-refractivity contribution in [3.63, 3.8) is 0 Å². The highest BCUT2D eigenvalue weighted by Gasteiger charge is 2.26. The van der Waals surface area contributed by atoms with E-state index in [1.54, 1.807) is 4.31 Å². The van der Waals surface area contributed by atoms with Crippen LogP contribution in [0.15, 0.2) is 0 Å². The van der Waals surface area contributed by atoms with E-state index >= 15 is 0 Å². The van der Waals surface area contributed by atoms with Crippen LogP contribution in [0.5, 0.6) is 0 Å². The first-order chi connectivity index (χ1) is 10.1. The highest BCUT2D eigenvalue weighted by atomic mass is 35.5. The summed E-state index contributed by atoms with van der Waals surface area (Å²) in [6.07, 6.45) is 9.87. The van der Waals surface area contributed by atoms with Crippen molar-refractivity contribution in [2.45, 2.75) is 64.3 Å². The molecular weight excluding hydrogens is 322 g/mol. The third-order valence-corrected chi connectivity index (χ3v) is 6.24. The molecule has 132 valence electrons. The Bertz CT molecular complexity index is 398. The first-order valence-corrected chi connectivity index (χ1v) is 10.00. The molecule has 0 aromatic carbocycles. The van der Waals surface area contributed by atoms with Crippen molar-refractivity contribution in [2.24, 2.45) is 5.92 Å². The van der Waals surface area contributed by atoms with E-state index in [0.717, 1.165) is 19.4 Å². The van der Waals surface area contributed by atoms with Crippen molar-refractivity contribution in [2.75, 3.05) is 26.2 Å². The van der Waals surface area contributed by atoms with Crippen LogP contribution in [0.1, 0.15) is 58.3 Å². The predicted molar refractivity (Wildman–Crippen MR) is 93.6 cm³/mol. The number of hydrogen-bond donors (Lipinski definition) is 2. The van der Waals surface area contributed by atoms with E-state index in [0.29, 0.717) is 31.6 Å². The van der Waals surface area contributed by atoms with Gasteiger partial charge < -0.3 is 5.32 Å². The third-order valence-electron chi connectivity index (χ3n) is 4.66. The molecule has 0 amide bonds. The van der Waals surface area contributed by atoms with Gasteiger partial charge in [0, 0.05) is 32.2 Å². The fraction of sp³-hybridized carbons (Fsp3) is 1.00. The lowest BCUT2D eigenvalue weighted by molar-refractivity contribution is 0.278. The Balaban J connectivity index is 0.00000242. The Morgan fingerprint density at radius 2 is 1.68 bits per heavy atom. The van der Waals surface area contributed by atoms with E-state index in [4.69, 9.17) is 0 Å². The topological polar surface area (TPSA) is 61.4 Å². The van der Waals surface area contributed by atoms with Gasteiger partial charge in [-0.25, -0.2) is 4.72 Å². The van der Waals surface area contributed by atoms with Crippen LogP contribution >= 0.6 is 12.4 Å². The van der Waals surface area contributed by atoms with Gasteiger partial charge >= 0.3 is 0 Å². The quantitative estimate of drug-likeness (QED) is 0.569. The lowest BCUT2D eigenvalue weighted by Gasteiger charge is -2.30. The van der Waals surface area contributed by atoms with Crippen molar-refractivity contribution in [1.82, 2.24) is 14.3 Å². The van der Waals surface area contributed by atoms with Crippen LogP contribution in [0.25, 0.3) is 0 Å². The minimum absolute atomic E-state index is 0. The number of hydrogen-bond acceptors (Lipinski definition) is 3. The third kappa shape index (κ3) is 6.71. The first kappa shape index (κ1) is 20.2. The molecule has 1 atom stereocenters. The molecule has 0 bridgehead atoms. The van der Waals surface area contributed by atoms with Crippen LogP contribution in [0.2, 0.25) is 0 Å². The number of halogens is 1. The lowest BCUT2D eigenvalue weighted by Crippen LogP contribution is -2.47. The molecule has 0 aromatic heterocycles. The maximum Gasteiger partial charge on any atom is 0.279 e.